The normalized spacial score (nSPS) is 28.1. The second-order valence-electron chi connectivity index (χ2n) is 2.47. The Bertz CT molecular complexity index is 167. The fourth-order valence-corrected chi connectivity index (χ4v) is 1.09. The van der Waals surface area contributed by atoms with Crippen molar-refractivity contribution in [3.63, 3.8) is 0 Å². The molecule has 1 N–H and O–H groups in total. The number of hydrogen-bond acceptors (Lipinski definition) is 3. The number of rotatable bonds is 2. The zero-order valence-electron chi connectivity index (χ0n) is 6.49. The summed E-state index contributed by atoms with van der Waals surface area (Å²) in [6.45, 7) is 0. The van der Waals surface area contributed by atoms with Crippen molar-refractivity contribution in [3.05, 3.63) is 12.2 Å². The molecular weight excluding hydrogens is 171 g/mol. The van der Waals surface area contributed by atoms with Gasteiger partial charge in [0.2, 0.25) is 0 Å². The van der Waals surface area contributed by atoms with Crippen molar-refractivity contribution < 1.29 is 66.4 Å². The van der Waals surface area contributed by atoms with Gasteiger partial charge in [0.25, 0.3) is 0 Å². The van der Waals surface area contributed by atoms with Crippen molar-refractivity contribution in [1.29, 1.82) is 0 Å². The van der Waals surface area contributed by atoms with E-state index < -0.39 is 12.1 Å². The molecule has 0 heterocycles. The average Bonchev–Trinajstić information content (AvgIpc) is 2.15. The van der Waals surface area contributed by atoms with Gasteiger partial charge in [0.05, 0.1) is 6.10 Å². The number of aliphatic hydroxyl groups excluding tert-OH is 1. The first kappa shape index (κ1) is 11.8. The van der Waals surface area contributed by atoms with Crippen molar-refractivity contribution >= 4 is 5.97 Å². The van der Waals surface area contributed by atoms with Crippen LogP contribution in [0.4, 0.5) is 0 Å². The fourth-order valence-electron chi connectivity index (χ4n) is 1.09. The first-order valence-corrected chi connectivity index (χ1v) is 3.24. The smallest absolute Gasteiger partial charge is 0.550 e. The van der Waals surface area contributed by atoms with Crippen LogP contribution in [0, 0.1) is 5.92 Å². The summed E-state index contributed by atoms with van der Waals surface area (Å²) >= 11 is 0. The summed E-state index contributed by atoms with van der Waals surface area (Å²) in [4.78, 5) is 10.0. The monoisotopic (exact) mass is 180 g/mol. The Hall–Kier alpha value is 0.806. The van der Waals surface area contributed by atoms with E-state index in [1.165, 1.54) is 0 Å². The van der Waals surface area contributed by atoms with Crippen molar-refractivity contribution in [1.82, 2.24) is 0 Å². The van der Waals surface area contributed by atoms with E-state index in [0.29, 0.717) is 6.42 Å². The summed E-state index contributed by atoms with van der Waals surface area (Å²) in [7, 11) is 0. The van der Waals surface area contributed by atoms with E-state index in [4.69, 9.17) is 5.11 Å². The average molecular weight is 180 g/mol. The van der Waals surface area contributed by atoms with Crippen LogP contribution in [0.5, 0.6) is 0 Å². The van der Waals surface area contributed by atoms with E-state index in [0.717, 1.165) is 0 Å². The molecule has 0 amide bonds. The number of carboxylic acids is 1. The summed E-state index contributed by atoms with van der Waals surface area (Å²) in [6.07, 6.45) is 3.49. The zero-order chi connectivity index (χ0) is 7.56. The fraction of sp³-hybridized carbons (Fsp3) is 0.571. The molecule has 2 atom stereocenters. The maximum atomic E-state index is 10.0. The number of hydrogen-bond donors (Lipinski definition) is 1. The molecule has 56 valence electrons. The third-order valence-electron chi connectivity index (χ3n) is 1.66. The molecule has 0 aromatic heterocycles. The summed E-state index contributed by atoms with van der Waals surface area (Å²) in [5.41, 5.74) is 0. The molecule has 0 radical (unpaired) electrons. The SMILES string of the molecule is O=C([O-])C[C@@H]1C=CC[C@@H]1O.[K+]. The third kappa shape index (κ3) is 3.82. The topological polar surface area (TPSA) is 60.4 Å². The van der Waals surface area contributed by atoms with Crippen LogP contribution in [0.3, 0.4) is 0 Å². The van der Waals surface area contributed by atoms with Crippen LogP contribution in [0.1, 0.15) is 12.8 Å². The zero-order valence-corrected chi connectivity index (χ0v) is 9.61. The minimum absolute atomic E-state index is 0. The van der Waals surface area contributed by atoms with Gasteiger partial charge < -0.3 is 15.0 Å². The minimum Gasteiger partial charge on any atom is -0.550 e. The quantitative estimate of drug-likeness (QED) is 0.349. The first-order valence-electron chi connectivity index (χ1n) is 3.24. The van der Waals surface area contributed by atoms with Crippen LogP contribution in [0.25, 0.3) is 0 Å². The molecule has 0 fully saturated rings. The Morgan fingerprint density at radius 2 is 2.36 bits per heavy atom. The van der Waals surface area contributed by atoms with Crippen LogP contribution in [-0.2, 0) is 4.79 Å². The molecule has 1 aliphatic carbocycles. The summed E-state index contributed by atoms with van der Waals surface area (Å²) in [5, 5.41) is 19.1. The van der Waals surface area contributed by atoms with Crippen molar-refractivity contribution in [2.45, 2.75) is 18.9 Å². The first-order chi connectivity index (χ1) is 4.70. The van der Waals surface area contributed by atoms with Gasteiger partial charge in [-0.15, -0.1) is 0 Å². The van der Waals surface area contributed by atoms with Crippen LogP contribution in [0.15, 0.2) is 12.2 Å². The Morgan fingerprint density at radius 1 is 1.73 bits per heavy atom. The largest absolute Gasteiger partial charge is 1.00 e. The summed E-state index contributed by atoms with van der Waals surface area (Å²) in [6, 6.07) is 0. The van der Waals surface area contributed by atoms with Gasteiger partial charge in [0, 0.05) is 11.9 Å². The van der Waals surface area contributed by atoms with Crippen molar-refractivity contribution in [3.8, 4) is 0 Å². The molecule has 4 heteroatoms. The van der Waals surface area contributed by atoms with E-state index >= 15 is 0 Å². The molecule has 0 spiro atoms. The molecule has 3 nitrogen and oxygen atoms in total. The van der Waals surface area contributed by atoms with Crippen LogP contribution < -0.4 is 56.5 Å². The van der Waals surface area contributed by atoms with Gasteiger partial charge >= 0.3 is 51.4 Å². The second kappa shape index (κ2) is 5.45. The molecule has 0 saturated heterocycles. The minimum atomic E-state index is -1.10. The van der Waals surface area contributed by atoms with Gasteiger partial charge in [0.1, 0.15) is 0 Å². The van der Waals surface area contributed by atoms with Crippen molar-refractivity contribution in [2.24, 2.45) is 5.92 Å². The van der Waals surface area contributed by atoms with E-state index in [-0.39, 0.29) is 63.7 Å². The molecule has 0 bridgehead atoms. The van der Waals surface area contributed by atoms with Crippen LogP contribution in [0.2, 0.25) is 0 Å². The van der Waals surface area contributed by atoms with E-state index in [9.17, 15) is 9.90 Å². The molecule has 0 aliphatic heterocycles. The Kier molecular flexibility index (Phi) is 5.85. The van der Waals surface area contributed by atoms with Crippen LogP contribution in [-0.4, -0.2) is 17.2 Å². The molecule has 0 aromatic carbocycles. The van der Waals surface area contributed by atoms with Gasteiger partial charge in [-0.05, 0) is 12.8 Å². The van der Waals surface area contributed by atoms with Gasteiger partial charge in [-0.2, -0.15) is 0 Å². The standard InChI is InChI=1S/C7H10O3.K/c8-6-3-1-2-5(6)4-7(9)10;/h1-2,5-6,8H,3-4H2,(H,9,10);/q;+1/p-1/t5-,6-;/m0./s1. The summed E-state index contributed by atoms with van der Waals surface area (Å²) < 4.78 is 0. The molecule has 0 aromatic rings. The van der Waals surface area contributed by atoms with Crippen LogP contribution >= 0.6 is 0 Å². The molecular formula is C7H9KO3. The van der Waals surface area contributed by atoms with E-state index in [2.05, 4.69) is 0 Å². The molecule has 0 saturated carbocycles. The predicted molar refractivity (Wildman–Crippen MR) is 32.9 cm³/mol. The van der Waals surface area contributed by atoms with E-state index in [1.54, 1.807) is 12.2 Å². The number of carbonyl (C=O) groups excluding carboxylic acids is 1. The molecule has 1 aliphatic rings. The van der Waals surface area contributed by atoms with Gasteiger partial charge in [0.15, 0.2) is 0 Å². The molecule has 11 heavy (non-hydrogen) atoms. The molecule has 0 unspecified atom stereocenters. The van der Waals surface area contributed by atoms with Crippen molar-refractivity contribution in [2.75, 3.05) is 0 Å². The Balaban J connectivity index is 0.000001000. The van der Waals surface area contributed by atoms with Gasteiger partial charge in [-0.3, -0.25) is 0 Å². The maximum absolute atomic E-state index is 10.0. The maximum Gasteiger partial charge on any atom is 1.00 e. The third-order valence-corrected chi connectivity index (χ3v) is 1.66. The predicted octanol–water partition coefficient (Wildman–Crippen LogP) is -3.93. The van der Waals surface area contributed by atoms with E-state index in [1.807, 2.05) is 0 Å². The number of carbonyl (C=O) groups is 1. The number of aliphatic hydroxyl groups is 1. The van der Waals surface area contributed by atoms with Gasteiger partial charge in [-0.25, -0.2) is 0 Å². The van der Waals surface area contributed by atoms with Gasteiger partial charge in [-0.1, -0.05) is 12.2 Å². The number of aliphatic carboxylic acids is 1. The summed E-state index contributed by atoms with van der Waals surface area (Å²) in [5.74, 6) is -1.33. The Labute approximate surface area is 108 Å². The number of carboxylic acid groups (broad SMARTS) is 1. The second-order valence-corrected chi connectivity index (χ2v) is 2.47. The molecule has 1 rings (SSSR count). The Morgan fingerprint density at radius 3 is 2.73 bits per heavy atom.